The summed E-state index contributed by atoms with van der Waals surface area (Å²) in [6, 6.07) is 0. The highest BCUT2D eigenvalue weighted by atomic mass is 16.5. The summed E-state index contributed by atoms with van der Waals surface area (Å²) in [4.78, 5) is 11.1. The Morgan fingerprint density at radius 1 is 1.36 bits per heavy atom. The fourth-order valence-corrected chi connectivity index (χ4v) is 0.948. The molecular weight excluding hydrogens is 184 g/mol. The van der Waals surface area contributed by atoms with Gasteiger partial charge < -0.3 is 14.6 Å². The molecule has 0 aromatic rings. The summed E-state index contributed by atoms with van der Waals surface area (Å²) in [5.41, 5.74) is 0. The van der Waals surface area contributed by atoms with Crippen molar-refractivity contribution in [2.45, 2.75) is 26.7 Å². The van der Waals surface area contributed by atoms with Crippen LogP contribution in [0.3, 0.4) is 0 Å². The highest BCUT2D eigenvalue weighted by Gasteiger charge is 2.07. The lowest BCUT2D eigenvalue weighted by molar-refractivity contribution is -0.144. The largest absolute Gasteiger partial charge is 0.498 e. The molecule has 0 radical (unpaired) electrons. The van der Waals surface area contributed by atoms with Crippen LogP contribution in [0, 0.1) is 0 Å². The Morgan fingerprint density at radius 2 is 2.07 bits per heavy atom. The standard InChI is InChI=1S/C10H18O4/c1-3-5-9(13-4-2)8-10(12)14-7-6-11/h5,11H,3-4,6-8H2,1-2H3. The molecule has 0 saturated carbocycles. The van der Waals surface area contributed by atoms with Gasteiger partial charge in [-0.15, -0.1) is 0 Å². The van der Waals surface area contributed by atoms with E-state index in [1.807, 2.05) is 19.9 Å². The number of aliphatic hydroxyl groups excluding tert-OH is 1. The number of ether oxygens (including phenoxy) is 2. The summed E-state index contributed by atoms with van der Waals surface area (Å²) >= 11 is 0. The Hall–Kier alpha value is -1.03. The lowest BCUT2D eigenvalue weighted by atomic mass is 10.3. The van der Waals surface area contributed by atoms with Gasteiger partial charge in [0.05, 0.1) is 13.2 Å². The summed E-state index contributed by atoms with van der Waals surface area (Å²) in [6.45, 7) is 4.28. The number of allylic oxidation sites excluding steroid dienone is 1. The van der Waals surface area contributed by atoms with Crippen LogP contribution in [-0.4, -0.2) is 30.9 Å². The van der Waals surface area contributed by atoms with E-state index in [1.165, 1.54) is 0 Å². The number of carbonyl (C=O) groups is 1. The van der Waals surface area contributed by atoms with Gasteiger partial charge in [0.15, 0.2) is 0 Å². The molecule has 14 heavy (non-hydrogen) atoms. The molecule has 1 N–H and O–H groups in total. The number of hydrogen-bond donors (Lipinski definition) is 1. The molecule has 0 heterocycles. The predicted molar refractivity (Wildman–Crippen MR) is 52.7 cm³/mol. The van der Waals surface area contributed by atoms with E-state index in [9.17, 15) is 4.79 Å². The van der Waals surface area contributed by atoms with Crippen molar-refractivity contribution >= 4 is 5.97 Å². The molecule has 0 aliphatic rings. The number of rotatable bonds is 7. The summed E-state index contributed by atoms with van der Waals surface area (Å²) in [5.74, 6) is 0.269. The van der Waals surface area contributed by atoms with Crippen molar-refractivity contribution in [2.24, 2.45) is 0 Å². The van der Waals surface area contributed by atoms with Crippen LogP contribution < -0.4 is 0 Å². The van der Waals surface area contributed by atoms with Crippen LogP contribution in [0.15, 0.2) is 11.8 Å². The maximum atomic E-state index is 11.1. The zero-order valence-corrected chi connectivity index (χ0v) is 8.78. The predicted octanol–water partition coefficient (Wildman–Crippen LogP) is 1.24. The van der Waals surface area contributed by atoms with Crippen LogP contribution in [0.4, 0.5) is 0 Å². The Labute approximate surface area is 84.5 Å². The monoisotopic (exact) mass is 202 g/mol. The molecule has 4 nitrogen and oxygen atoms in total. The summed E-state index contributed by atoms with van der Waals surface area (Å²) < 4.78 is 9.94. The van der Waals surface area contributed by atoms with Crippen LogP contribution in [0.1, 0.15) is 26.7 Å². The molecule has 0 spiro atoms. The van der Waals surface area contributed by atoms with E-state index in [0.717, 1.165) is 6.42 Å². The molecule has 4 heteroatoms. The first kappa shape index (κ1) is 13.0. The van der Waals surface area contributed by atoms with Crippen molar-refractivity contribution < 1.29 is 19.4 Å². The van der Waals surface area contributed by atoms with Gasteiger partial charge in [0.25, 0.3) is 0 Å². The van der Waals surface area contributed by atoms with Gasteiger partial charge in [-0.05, 0) is 19.4 Å². The molecule has 0 fully saturated rings. The van der Waals surface area contributed by atoms with Crippen LogP contribution in [0.2, 0.25) is 0 Å². The molecule has 0 atom stereocenters. The summed E-state index contributed by atoms with van der Waals surface area (Å²) in [6.07, 6.45) is 2.81. The third-order valence-corrected chi connectivity index (χ3v) is 1.43. The van der Waals surface area contributed by atoms with Crippen molar-refractivity contribution in [3.05, 3.63) is 11.8 Å². The van der Waals surface area contributed by atoms with E-state index in [-0.39, 0.29) is 25.6 Å². The van der Waals surface area contributed by atoms with E-state index >= 15 is 0 Å². The second kappa shape index (κ2) is 8.56. The van der Waals surface area contributed by atoms with Crippen molar-refractivity contribution in [3.63, 3.8) is 0 Å². The lowest BCUT2D eigenvalue weighted by Gasteiger charge is -2.07. The molecular formula is C10H18O4. The van der Waals surface area contributed by atoms with E-state index < -0.39 is 0 Å². The molecule has 0 aliphatic carbocycles. The minimum absolute atomic E-state index is 0.0460. The van der Waals surface area contributed by atoms with E-state index in [1.54, 1.807) is 0 Å². The Kier molecular flexibility index (Phi) is 7.93. The number of esters is 1. The van der Waals surface area contributed by atoms with Crippen molar-refractivity contribution in [1.29, 1.82) is 0 Å². The Morgan fingerprint density at radius 3 is 2.57 bits per heavy atom. The maximum absolute atomic E-state index is 11.1. The third-order valence-electron chi connectivity index (χ3n) is 1.43. The quantitative estimate of drug-likeness (QED) is 0.498. The number of carbonyl (C=O) groups excluding carboxylic acids is 1. The maximum Gasteiger partial charge on any atom is 0.313 e. The van der Waals surface area contributed by atoms with Gasteiger partial charge in [-0.2, -0.15) is 0 Å². The van der Waals surface area contributed by atoms with Crippen LogP contribution in [-0.2, 0) is 14.3 Å². The summed E-state index contributed by atoms with van der Waals surface area (Å²) in [7, 11) is 0. The van der Waals surface area contributed by atoms with Gasteiger partial charge in [-0.3, -0.25) is 4.79 Å². The Balaban J connectivity index is 3.90. The number of hydrogen-bond acceptors (Lipinski definition) is 4. The van der Waals surface area contributed by atoms with E-state index in [2.05, 4.69) is 0 Å². The summed E-state index contributed by atoms with van der Waals surface area (Å²) in [5, 5.41) is 8.43. The number of aliphatic hydroxyl groups is 1. The minimum Gasteiger partial charge on any atom is -0.498 e. The van der Waals surface area contributed by atoms with Gasteiger partial charge >= 0.3 is 5.97 Å². The second-order valence-corrected chi connectivity index (χ2v) is 2.63. The topological polar surface area (TPSA) is 55.8 Å². The lowest BCUT2D eigenvalue weighted by Crippen LogP contribution is -2.10. The third kappa shape index (κ3) is 6.48. The molecule has 0 bridgehead atoms. The first-order valence-corrected chi connectivity index (χ1v) is 4.82. The van der Waals surface area contributed by atoms with Crippen LogP contribution in [0.5, 0.6) is 0 Å². The smallest absolute Gasteiger partial charge is 0.313 e. The second-order valence-electron chi connectivity index (χ2n) is 2.63. The molecule has 0 rings (SSSR count). The zero-order chi connectivity index (χ0) is 10.8. The fourth-order valence-electron chi connectivity index (χ4n) is 0.948. The van der Waals surface area contributed by atoms with Crippen LogP contribution >= 0.6 is 0 Å². The van der Waals surface area contributed by atoms with Gasteiger partial charge in [-0.1, -0.05) is 6.92 Å². The molecule has 0 aliphatic heterocycles. The normalized spacial score (nSPS) is 11.2. The highest BCUT2D eigenvalue weighted by molar-refractivity contribution is 5.71. The van der Waals surface area contributed by atoms with Crippen LogP contribution in [0.25, 0.3) is 0 Å². The van der Waals surface area contributed by atoms with Gasteiger partial charge in [0, 0.05) is 0 Å². The molecule has 0 aromatic heterocycles. The molecule has 0 aromatic carbocycles. The molecule has 0 saturated heterocycles. The fraction of sp³-hybridized carbons (Fsp3) is 0.700. The molecule has 82 valence electrons. The highest BCUT2D eigenvalue weighted by Crippen LogP contribution is 2.06. The van der Waals surface area contributed by atoms with Gasteiger partial charge in [0.2, 0.25) is 0 Å². The van der Waals surface area contributed by atoms with Crippen molar-refractivity contribution in [1.82, 2.24) is 0 Å². The first-order chi connectivity index (χ1) is 6.74. The van der Waals surface area contributed by atoms with Crippen molar-refractivity contribution in [2.75, 3.05) is 19.8 Å². The van der Waals surface area contributed by atoms with Gasteiger partial charge in [0.1, 0.15) is 18.8 Å². The average molecular weight is 202 g/mol. The zero-order valence-electron chi connectivity index (χ0n) is 8.78. The molecule has 0 amide bonds. The van der Waals surface area contributed by atoms with Crippen molar-refractivity contribution in [3.8, 4) is 0 Å². The van der Waals surface area contributed by atoms with E-state index in [4.69, 9.17) is 14.6 Å². The SMILES string of the molecule is CCC=C(CC(=O)OCCO)OCC. The van der Waals surface area contributed by atoms with Gasteiger partial charge in [-0.25, -0.2) is 0 Å². The average Bonchev–Trinajstić information content (AvgIpc) is 2.15. The van der Waals surface area contributed by atoms with E-state index in [0.29, 0.717) is 12.4 Å². The Bertz CT molecular complexity index is 187. The molecule has 0 unspecified atom stereocenters. The first-order valence-electron chi connectivity index (χ1n) is 4.82. The minimum atomic E-state index is -0.368.